The summed E-state index contributed by atoms with van der Waals surface area (Å²) in [5, 5.41) is 5.72. The number of aromatic nitrogens is 2. The van der Waals surface area contributed by atoms with E-state index in [0.29, 0.717) is 10.0 Å². The van der Waals surface area contributed by atoms with Gasteiger partial charge in [-0.05, 0) is 62.1 Å². The van der Waals surface area contributed by atoms with Gasteiger partial charge >= 0.3 is 0 Å². The highest BCUT2D eigenvalue weighted by Gasteiger charge is 2.15. The van der Waals surface area contributed by atoms with Crippen LogP contribution in [0, 0.1) is 0 Å². The van der Waals surface area contributed by atoms with E-state index in [-0.39, 0.29) is 0 Å². The number of rotatable bonds is 9. The molecule has 2 aromatic heterocycles. The summed E-state index contributed by atoms with van der Waals surface area (Å²) >= 11 is 14.2. The highest BCUT2D eigenvalue weighted by Crippen LogP contribution is 2.37. The Bertz CT molecular complexity index is 1150. The standard InChI is InChI=1S/C24H26Cl2N4S/c1-3-30(4-2)12-8-7-11-27-24-23(22-13-16-9-5-6-10-21(16)31-22)28-19-14-17(25)18(26)15-20(19)29-24/h5-6,9-10,13-15H,3-4,7-8,11-12H2,1-2H3,(H,27,29). The van der Waals surface area contributed by atoms with Crippen molar-refractivity contribution < 1.29 is 0 Å². The Morgan fingerprint density at radius 1 is 0.935 bits per heavy atom. The first-order valence-corrected chi connectivity index (χ1v) is 12.3. The molecule has 0 unspecified atom stereocenters. The first kappa shape index (κ1) is 22.3. The number of benzene rings is 2. The van der Waals surface area contributed by atoms with Crippen LogP contribution < -0.4 is 5.32 Å². The summed E-state index contributed by atoms with van der Waals surface area (Å²) in [5.41, 5.74) is 2.34. The van der Waals surface area contributed by atoms with Gasteiger partial charge in [-0.15, -0.1) is 11.3 Å². The van der Waals surface area contributed by atoms with Gasteiger partial charge in [-0.2, -0.15) is 0 Å². The zero-order valence-electron chi connectivity index (χ0n) is 17.8. The molecule has 2 aromatic carbocycles. The van der Waals surface area contributed by atoms with Gasteiger partial charge in [0, 0.05) is 11.2 Å². The molecule has 0 aliphatic carbocycles. The molecule has 0 aliphatic rings. The lowest BCUT2D eigenvalue weighted by atomic mass is 10.2. The Morgan fingerprint density at radius 2 is 1.65 bits per heavy atom. The van der Waals surface area contributed by atoms with Crippen molar-refractivity contribution in [3.05, 3.63) is 52.5 Å². The maximum absolute atomic E-state index is 6.24. The van der Waals surface area contributed by atoms with E-state index in [2.05, 4.69) is 54.4 Å². The Balaban J connectivity index is 1.63. The zero-order chi connectivity index (χ0) is 21.8. The van der Waals surface area contributed by atoms with Gasteiger partial charge in [0.1, 0.15) is 5.69 Å². The molecule has 7 heteroatoms. The molecule has 4 rings (SSSR count). The first-order chi connectivity index (χ1) is 15.1. The predicted molar refractivity (Wildman–Crippen MR) is 136 cm³/mol. The van der Waals surface area contributed by atoms with Crippen molar-refractivity contribution in [2.24, 2.45) is 0 Å². The largest absolute Gasteiger partial charge is 0.368 e. The van der Waals surface area contributed by atoms with Gasteiger partial charge in [0.05, 0.1) is 26.0 Å². The van der Waals surface area contributed by atoms with Crippen LogP contribution in [0.2, 0.25) is 10.0 Å². The minimum absolute atomic E-state index is 0.489. The van der Waals surface area contributed by atoms with E-state index in [9.17, 15) is 0 Å². The second-order valence-corrected chi connectivity index (χ2v) is 9.38. The zero-order valence-corrected chi connectivity index (χ0v) is 20.1. The normalized spacial score (nSPS) is 11.6. The minimum atomic E-state index is 0.489. The second-order valence-electron chi connectivity index (χ2n) is 7.49. The van der Waals surface area contributed by atoms with Crippen LogP contribution in [0.25, 0.3) is 31.7 Å². The number of thiophene rings is 1. The maximum Gasteiger partial charge on any atom is 0.154 e. The number of anilines is 1. The average Bonchev–Trinajstić information content (AvgIpc) is 3.21. The number of nitrogens with one attached hydrogen (secondary N) is 1. The van der Waals surface area contributed by atoms with Crippen molar-refractivity contribution in [1.82, 2.24) is 14.9 Å². The lowest BCUT2D eigenvalue weighted by Crippen LogP contribution is -2.24. The second kappa shape index (κ2) is 10.1. The van der Waals surface area contributed by atoms with Crippen LogP contribution in [0.1, 0.15) is 26.7 Å². The third-order valence-corrected chi connectivity index (χ3v) is 7.30. The molecule has 0 aliphatic heterocycles. The van der Waals surface area contributed by atoms with E-state index in [1.165, 1.54) is 10.1 Å². The van der Waals surface area contributed by atoms with Crippen molar-refractivity contribution in [2.75, 3.05) is 31.5 Å². The monoisotopic (exact) mass is 472 g/mol. The van der Waals surface area contributed by atoms with Crippen molar-refractivity contribution in [2.45, 2.75) is 26.7 Å². The fourth-order valence-electron chi connectivity index (χ4n) is 3.65. The van der Waals surface area contributed by atoms with E-state index >= 15 is 0 Å². The van der Waals surface area contributed by atoms with Gasteiger partial charge in [0.25, 0.3) is 0 Å². The molecule has 4 nitrogen and oxygen atoms in total. The Labute approximate surface area is 197 Å². The van der Waals surface area contributed by atoms with E-state index in [1.807, 2.05) is 0 Å². The number of hydrogen-bond donors (Lipinski definition) is 1. The summed E-state index contributed by atoms with van der Waals surface area (Å²) in [7, 11) is 0. The molecule has 0 spiro atoms. The van der Waals surface area contributed by atoms with Crippen LogP contribution in [-0.2, 0) is 0 Å². The predicted octanol–water partition coefficient (Wildman–Crippen LogP) is 7.35. The third-order valence-electron chi connectivity index (χ3n) is 5.45. The van der Waals surface area contributed by atoms with Gasteiger partial charge in [0.15, 0.2) is 5.82 Å². The van der Waals surface area contributed by atoms with Gasteiger partial charge in [-0.3, -0.25) is 0 Å². The molecule has 1 N–H and O–H groups in total. The molecule has 0 radical (unpaired) electrons. The number of fused-ring (bicyclic) bond motifs is 2. The summed E-state index contributed by atoms with van der Waals surface area (Å²) in [5.74, 6) is 0.792. The van der Waals surface area contributed by atoms with Crippen LogP contribution >= 0.6 is 34.5 Å². The van der Waals surface area contributed by atoms with Crippen molar-refractivity contribution in [3.8, 4) is 10.6 Å². The number of nitrogens with zero attached hydrogens (tertiary/aromatic N) is 3. The molecule has 0 amide bonds. The van der Waals surface area contributed by atoms with E-state index in [1.54, 1.807) is 23.5 Å². The summed E-state index contributed by atoms with van der Waals surface area (Å²) in [6, 6.07) is 14.1. The van der Waals surface area contributed by atoms with Crippen LogP contribution in [0.5, 0.6) is 0 Å². The molecular formula is C24H26Cl2N4S. The van der Waals surface area contributed by atoms with E-state index in [4.69, 9.17) is 33.2 Å². The molecule has 0 atom stereocenters. The Morgan fingerprint density at radius 3 is 2.35 bits per heavy atom. The smallest absolute Gasteiger partial charge is 0.154 e. The summed E-state index contributed by atoms with van der Waals surface area (Å²) in [6.45, 7) is 8.58. The highest BCUT2D eigenvalue weighted by molar-refractivity contribution is 7.22. The third kappa shape index (κ3) is 5.12. The van der Waals surface area contributed by atoms with Crippen molar-refractivity contribution >= 4 is 61.5 Å². The lowest BCUT2D eigenvalue weighted by Gasteiger charge is -2.17. The molecule has 31 heavy (non-hydrogen) atoms. The quantitative estimate of drug-likeness (QED) is 0.258. The fourth-order valence-corrected chi connectivity index (χ4v) is 5.02. The summed E-state index contributed by atoms with van der Waals surface area (Å²) < 4.78 is 1.23. The van der Waals surface area contributed by atoms with Crippen LogP contribution in [0.4, 0.5) is 5.82 Å². The number of halogens is 2. The minimum Gasteiger partial charge on any atom is -0.368 e. The molecule has 0 saturated carbocycles. The van der Waals surface area contributed by atoms with Crippen molar-refractivity contribution in [1.29, 1.82) is 0 Å². The topological polar surface area (TPSA) is 41.0 Å². The summed E-state index contributed by atoms with van der Waals surface area (Å²) in [4.78, 5) is 13.3. The van der Waals surface area contributed by atoms with Crippen molar-refractivity contribution in [3.63, 3.8) is 0 Å². The Hall–Kier alpha value is -1.92. The van der Waals surface area contributed by atoms with Crippen LogP contribution in [0.3, 0.4) is 0 Å². The van der Waals surface area contributed by atoms with Gasteiger partial charge in [-0.1, -0.05) is 55.2 Å². The van der Waals surface area contributed by atoms with E-state index in [0.717, 1.165) is 66.4 Å². The Kier molecular flexibility index (Phi) is 7.28. The molecular weight excluding hydrogens is 447 g/mol. The molecule has 0 bridgehead atoms. The van der Waals surface area contributed by atoms with Crippen LogP contribution in [0.15, 0.2) is 42.5 Å². The SMILES string of the molecule is CCN(CC)CCCCNc1nc2cc(Cl)c(Cl)cc2nc1-c1cc2ccccc2s1. The molecule has 4 aromatic rings. The highest BCUT2D eigenvalue weighted by atomic mass is 35.5. The maximum atomic E-state index is 6.24. The average molecular weight is 473 g/mol. The molecule has 0 fully saturated rings. The van der Waals surface area contributed by atoms with E-state index < -0.39 is 0 Å². The number of hydrogen-bond acceptors (Lipinski definition) is 5. The van der Waals surface area contributed by atoms with Gasteiger partial charge in [0.2, 0.25) is 0 Å². The molecule has 2 heterocycles. The lowest BCUT2D eigenvalue weighted by molar-refractivity contribution is 0.298. The fraction of sp³-hybridized carbons (Fsp3) is 0.333. The molecule has 0 saturated heterocycles. The van der Waals surface area contributed by atoms with Gasteiger partial charge < -0.3 is 10.2 Å². The first-order valence-electron chi connectivity index (χ1n) is 10.7. The van der Waals surface area contributed by atoms with Gasteiger partial charge in [-0.25, -0.2) is 9.97 Å². The van der Waals surface area contributed by atoms with Crippen LogP contribution in [-0.4, -0.2) is 41.0 Å². The molecule has 162 valence electrons. The number of unbranched alkanes of at least 4 members (excludes halogenated alkanes) is 1. The summed E-state index contributed by atoms with van der Waals surface area (Å²) in [6.07, 6.45) is 2.22.